The summed E-state index contributed by atoms with van der Waals surface area (Å²) in [5.74, 6) is -1.14. The summed E-state index contributed by atoms with van der Waals surface area (Å²) < 4.78 is 23.3. The van der Waals surface area contributed by atoms with Gasteiger partial charge in [0.1, 0.15) is 24.4 Å². The Kier molecular flexibility index (Phi) is 8.12. The van der Waals surface area contributed by atoms with E-state index in [0.29, 0.717) is 0 Å². The van der Waals surface area contributed by atoms with Crippen LogP contribution in [-0.2, 0) is 37.0 Å². The first-order valence-corrected chi connectivity index (χ1v) is 9.67. The highest BCUT2D eigenvalue weighted by atomic mass is 16.7. The second kappa shape index (κ2) is 11.0. The highest BCUT2D eigenvalue weighted by molar-refractivity contribution is 5.79. The Labute approximate surface area is 175 Å². The van der Waals surface area contributed by atoms with Gasteiger partial charge >= 0.3 is 5.97 Å². The molecule has 2 aromatic rings. The van der Waals surface area contributed by atoms with Gasteiger partial charge in [0.15, 0.2) is 6.29 Å². The maximum Gasteiger partial charge on any atom is 0.328 e. The number of carboxylic acid groups (broad SMARTS) is 1. The Hall–Kier alpha value is -2.55. The van der Waals surface area contributed by atoms with Crippen LogP contribution < -0.4 is 0 Å². The smallest absolute Gasteiger partial charge is 0.328 e. The third kappa shape index (κ3) is 5.98. The number of hydrogen-bond acceptors (Lipinski definition) is 6. The van der Waals surface area contributed by atoms with Crippen molar-refractivity contribution in [3.63, 3.8) is 0 Å². The van der Waals surface area contributed by atoms with Gasteiger partial charge in [-0.05, 0) is 17.2 Å². The van der Waals surface area contributed by atoms with Crippen molar-refractivity contribution in [1.82, 2.24) is 0 Å². The molecule has 5 atom stereocenters. The molecule has 0 amide bonds. The fourth-order valence-electron chi connectivity index (χ4n) is 3.28. The van der Waals surface area contributed by atoms with Gasteiger partial charge in [0.25, 0.3) is 0 Å². The molecule has 160 valence electrons. The summed E-state index contributed by atoms with van der Waals surface area (Å²) in [6.45, 7) is 0.530. The Bertz CT molecular complexity index is 809. The lowest BCUT2D eigenvalue weighted by Gasteiger charge is -2.43. The summed E-state index contributed by atoms with van der Waals surface area (Å²) in [7, 11) is 1.47. The van der Waals surface area contributed by atoms with Gasteiger partial charge in [-0.1, -0.05) is 60.7 Å². The van der Waals surface area contributed by atoms with E-state index in [-0.39, 0.29) is 13.2 Å². The maximum absolute atomic E-state index is 10.9. The minimum absolute atomic E-state index is 0.250. The molecule has 7 nitrogen and oxygen atoms in total. The molecule has 0 bridgehead atoms. The zero-order valence-corrected chi connectivity index (χ0v) is 16.7. The van der Waals surface area contributed by atoms with Gasteiger partial charge in [-0.15, -0.1) is 0 Å². The second-order valence-corrected chi connectivity index (χ2v) is 6.92. The molecule has 3 rings (SSSR count). The number of carbonyl (C=O) groups is 1. The van der Waals surface area contributed by atoms with E-state index in [2.05, 4.69) is 0 Å². The predicted molar refractivity (Wildman–Crippen MR) is 108 cm³/mol. The van der Waals surface area contributed by atoms with E-state index in [1.807, 2.05) is 60.7 Å². The molecule has 0 unspecified atom stereocenters. The molecule has 7 heteroatoms. The zero-order valence-electron chi connectivity index (χ0n) is 16.7. The van der Waals surface area contributed by atoms with Crippen molar-refractivity contribution < 1.29 is 34.0 Å². The number of carboxylic acids is 1. The maximum atomic E-state index is 10.9. The number of aliphatic carboxylic acids is 1. The molecule has 0 aliphatic carbocycles. The second-order valence-electron chi connectivity index (χ2n) is 6.92. The van der Waals surface area contributed by atoms with Crippen LogP contribution in [0.2, 0.25) is 0 Å². The van der Waals surface area contributed by atoms with Crippen molar-refractivity contribution >= 4 is 5.97 Å². The number of rotatable bonds is 9. The van der Waals surface area contributed by atoms with Gasteiger partial charge in [-0.3, -0.25) is 0 Å². The largest absolute Gasteiger partial charge is 0.478 e. The van der Waals surface area contributed by atoms with Gasteiger partial charge in [-0.2, -0.15) is 0 Å². The van der Waals surface area contributed by atoms with Crippen LogP contribution >= 0.6 is 0 Å². The van der Waals surface area contributed by atoms with Crippen molar-refractivity contribution in [2.75, 3.05) is 7.11 Å². The quantitative estimate of drug-likeness (QED) is 0.609. The van der Waals surface area contributed by atoms with E-state index in [1.54, 1.807) is 0 Å². The molecule has 1 aliphatic rings. The molecule has 30 heavy (non-hydrogen) atoms. The van der Waals surface area contributed by atoms with E-state index < -0.39 is 36.7 Å². The third-order valence-electron chi connectivity index (χ3n) is 4.79. The number of methoxy groups -OCH3 is 1. The van der Waals surface area contributed by atoms with Crippen LogP contribution in [0.5, 0.6) is 0 Å². The Morgan fingerprint density at radius 1 is 0.967 bits per heavy atom. The van der Waals surface area contributed by atoms with Gasteiger partial charge in [-0.25, -0.2) is 4.79 Å². The zero-order chi connectivity index (χ0) is 21.3. The molecule has 1 heterocycles. The van der Waals surface area contributed by atoms with Gasteiger partial charge in [0.05, 0.1) is 13.2 Å². The van der Waals surface area contributed by atoms with Crippen molar-refractivity contribution in [2.45, 2.75) is 43.9 Å². The van der Waals surface area contributed by atoms with Gasteiger partial charge in [0.2, 0.25) is 0 Å². The molecule has 1 fully saturated rings. The van der Waals surface area contributed by atoms with Crippen LogP contribution in [0.3, 0.4) is 0 Å². The van der Waals surface area contributed by atoms with E-state index in [0.717, 1.165) is 17.2 Å². The molecule has 0 aromatic heterocycles. The van der Waals surface area contributed by atoms with Crippen LogP contribution in [0.15, 0.2) is 72.8 Å². The van der Waals surface area contributed by atoms with Crippen LogP contribution in [0.4, 0.5) is 0 Å². The SMILES string of the molecule is CO[C@H]1O[C@H](/C=C/C(=O)O)[C@@H](O)[C@H](OCc2ccccc2)[C@H]1OCc1ccccc1. The molecule has 2 N–H and O–H groups in total. The normalized spacial score (nSPS) is 26.7. The van der Waals surface area contributed by atoms with Crippen LogP contribution in [0.25, 0.3) is 0 Å². The molecule has 0 radical (unpaired) electrons. The molecular weight excluding hydrogens is 388 g/mol. The number of aliphatic hydroxyl groups excluding tert-OH is 1. The molecule has 1 aliphatic heterocycles. The number of ether oxygens (including phenoxy) is 4. The van der Waals surface area contributed by atoms with Crippen molar-refractivity contribution in [2.24, 2.45) is 0 Å². The molecule has 0 spiro atoms. The molecule has 0 saturated carbocycles. The van der Waals surface area contributed by atoms with Gasteiger partial charge in [0, 0.05) is 13.2 Å². The number of benzene rings is 2. The minimum atomic E-state index is -1.14. The highest BCUT2D eigenvalue weighted by Crippen LogP contribution is 2.28. The topological polar surface area (TPSA) is 94.5 Å². The number of aliphatic hydroxyl groups is 1. The van der Waals surface area contributed by atoms with Crippen molar-refractivity contribution in [1.29, 1.82) is 0 Å². The lowest BCUT2D eigenvalue weighted by Crippen LogP contribution is -2.59. The van der Waals surface area contributed by atoms with E-state index in [9.17, 15) is 9.90 Å². The molecular formula is C23H26O7. The Balaban J connectivity index is 1.78. The monoisotopic (exact) mass is 414 g/mol. The predicted octanol–water partition coefficient (Wildman–Crippen LogP) is 2.53. The summed E-state index contributed by atoms with van der Waals surface area (Å²) in [6.07, 6.45) is -2.20. The van der Waals surface area contributed by atoms with Gasteiger partial charge < -0.3 is 29.2 Å². The Morgan fingerprint density at radius 3 is 2.00 bits per heavy atom. The molecule has 1 saturated heterocycles. The van der Waals surface area contributed by atoms with E-state index in [4.69, 9.17) is 24.1 Å². The van der Waals surface area contributed by atoms with Crippen LogP contribution in [-0.4, -0.2) is 54.0 Å². The highest BCUT2D eigenvalue weighted by Gasteiger charge is 2.46. The molecule has 2 aromatic carbocycles. The lowest BCUT2D eigenvalue weighted by atomic mass is 9.97. The average molecular weight is 414 g/mol. The van der Waals surface area contributed by atoms with Crippen LogP contribution in [0.1, 0.15) is 11.1 Å². The summed E-state index contributed by atoms with van der Waals surface area (Å²) >= 11 is 0. The van der Waals surface area contributed by atoms with Crippen molar-refractivity contribution in [3.8, 4) is 0 Å². The van der Waals surface area contributed by atoms with Crippen molar-refractivity contribution in [3.05, 3.63) is 83.9 Å². The first-order valence-electron chi connectivity index (χ1n) is 9.67. The summed E-state index contributed by atoms with van der Waals surface area (Å²) in [5, 5.41) is 19.8. The average Bonchev–Trinajstić information content (AvgIpc) is 2.77. The first-order chi connectivity index (χ1) is 14.6. The van der Waals surface area contributed by atoms with E-state index in [1.165, 1.54) is 13.2 Å². The standard InChI is InChI=1S/C23H26O7/c1-27-23-22(29-15-17-10-6-3-7-11-17)21(28-14-16-8-4-2-5-9-16)20(26)18(30-23)12-13-19(24)25/h2-13,18,20-23,26H,14-15H2,1H3,(H,24,25)/b13-12+/t18-,20-,21+,22-,23+/m1/s1. The Morgan fingerprint density at radius 2 is 1.50 bits per heavy atom. The van der Waals surface area contributed by atoms with Crippen LogP contribution in [0, 0.1) is 0 Å². The lowest BCUT2D eigenvalue weighted by molar-refractivity contribution is -0.301. The fraction of sp³-hybridized carbons (Fsp3) is 0.348. The minimum Gasteiger partial charge on any atom is -0.478 e. The summed E-state index contributed by atoms with van der Waals surface area (Å²) in [5.41, 5.74) is 1.89. The first kappa shape index (κ1) is 22.1. The van der Waals surface area contributed by atoms with E-state index >= 15 is 0 Å². The summed E-state index contributed by atoms with van der Waals surface area (Å²) in [4.78, 5) is 10.9. The third-order valence-corrected chi connectivity index (χ3v) is 4.79. The summed E-state index contributed by atoms with van der Waals surface area (Å²) in [6, 6.07) is 19.1. The number of hydrogen-bond donors (Lipinski definition) is 2. The fourth-order valence-corrected chi connectivity index (χ4v) is 3.28.